The SMILES string of the molecule is C[C@H](NS(=O)(=O)c1ccc(Cl)cc1)C(=O)OCCCc1nc(-c2cccnc2)no1. The molecule has 0 aliphatic rings. The lowest BCUT2D eigenvalue weighted by molar-refractivity contribution is -0.145. The van der Waals surface area contributed by atoms with Gasteiger partial charge < -0.3 is 9.26 Å². The molecule has 11 heteroatoms. The van der Waals surface area contributed by atoms with Crippen molar-refractivity contribution in [2.75, 3.05) is 6.61 Å². The van der Waals surface area contributed by atoms with Gasteiger partial charge in [-0.25, -0.2) is 8.42 Å². The molecule has 1 N–H and O–H groups in total. The number of aromatic nitrogens is 3. The van der Waals surface area contributed by atoms with Crippen molar-refractivity contribution in [1.29, 1.82) is 0 Å². The number of nitrogens with one attached hydrogen (secondary N) is 1. The van der Waals surface area contributed by atoms with Gasteiger partial charge in [0, 0.05) is 29.4 Å². The van der Waals surface area contributed by atoms with E-state index in [2.05, 4.69) is 19.8 Å². The van der Waals surface area contributed by atoms with Crippen LogP contribution in [0.4, 0.5) is 0 Å². The van der Waals surface area contributed by atoms with Crippen LogP contribution >= 0.6 is 11.6 Å². The van der Waals surface area contributed by atoms with Gasteiger partial charge in [0.1, 0.15) is 6.04 Å². The average molecular weight is 451 g/mol. The fourth-order valence-corrected chi connectivity index (χ4v) is 3.77. The summed E-state index contributed by atoms with van der Waals surface area (Å²) in [6.45, 7) is 1.49. The number of rotatable bonds is 9. The third-order valence-electron chi connectivity index (χ3n) is 3.98. The summed E-state index contributed by atoms with van der Waals surface area (Å²) in [5.74, 6) is 0.149. The predicted octanol–water partition coefficient (Wildman–Crippen LogP) is 2.63. The lowest BCUT2D eigenvalue weighted by atomic mass is 10.3. The fraction of sp³-hybridized carbons (Fsp3) is 0.263. The van der Waals surface area contributed by atoms with Gasteiger partial charge in [-0.15, -0.1) is 0 Å². The van der Waals surface area contributed by atoms with Gasteiger partial charge in [0.15, 0.2) is 0 Å². The summed E-state index contributed by atoms with van der Waals surface area (Å²) in [7, 11) is -3.87. The number of hydrogen-bond donors (Lipinski definition) is 1. The molecule has 1 aromatic carbocycles. The third-order valence-corrected chi connectivity index (χ3v) is 5.79. The van der Waals surface area contributed by atoms with E-state index in [-0.39, 0.29) is 11.5 Å². The van der Waals surface area contributed by atoms with Crippen molar-refractivity contribution < 1.29 is 22.5 Å². The molecule has 0 fully saturated rings. The van der Waals surface area contributed by atoms with Crippen molar-refractivity contribution in [3.63, 3.8) is 0 Å². The first-order chi connectivity index (χ1) is 14.3. The molecule has 9 nitrogen and oxygen atoms in total. The van der Waals surface area contributed by atoms with E-state index < -0.39 is 22.0 Å². The van der Waals surface area contributed by atoms with Crippen LogP contribution < -0.4 is 4.72 Å². The summed E-state index contributed by atoms with van der Waals surface area (Å²) in [6.07, 6.45) is 4.13. The van der Waals surface area contributed by atoms with Gasteiger partial charge in [-0.2, -0.15) is 9.71 Å². The molecule has 0 bridgehead atoms. The lowest BCUT2D eigenvalue weighted by Crippen LogP contribution is -2.39. The number of pyridine rings is 1. The Morgan fingerprint density at radius 3 is 2.73 bits per heavy atom. The molecule has 0 radical (unpaired) electrons. The van der Waals surface area contributed by atoms with Crippen molar-refractivity contribution in [3.8, 4) is 11.4 Å². The van der Waals surface area contributed by atoms with E-state index in [0.717, 1.165) is 5.56 Å². The maximum Gasteiger partial charge on any atom is 0.323 e. The van der Waals surface area contributed by atoms with Crippen LogP contribution in [0.5, 0.6) is 0 Å². The van der Waals surface area contributed by atoms with Crippen molar-refractivity contribution in [3.05, 3.63) is 59.7 Å². The molecule has 0 saturated carbocycles. The van der Waals surface area contributed by atoms with Crippen LogP contribution in [0.3, 0.4) is 0 Å². The van der Waals surface area contributed by atoms with Gasteiger partial charge in [0.2, 0.25) is 21.7 Å². The Kier molecular flexibility index (Phi) is 7.14. The quantitative estimate of drug-likeness (QED) is 0.389. The molecule has 2 heterocycles. The Bertz CT molecular complexity index is 1090. The molecule has 0 saturated heterocycles. The van der Waals surface area contributed by atoms with Crippen molar-refractivity contribution in [2.24, 2.45) is 0 Å². The van der Waals surface area contributed by atoms with Gasteiger partial charge in [-0.1, -0.05) is 16.8 Å². The summed E-state index contributed by atoms with van der Waals surface area (Å²) in [4.78, 5) is 20.3. The zero-order valence-electron chi connectivity index (χ0n) is 16.0. The van der Waals surface area contributed by atoms with Gasteiger partial charge in [-0.05, 0) is 49.7 Å². The molecule has 2 aromatic heterocycles. The highest BCUT2D eigenvalue weighted by Crippen LogP contribution is 2.15. The first-order valence-corrected chi connectivity index (χ1v) is 10.9. The minimum atomic E-state index is -3.87. The minimum Gasteiger partial charge on any atom is -0.464 e. The third kappa shape index (κ3) is 5.85. The molecule has 3 rings (SSSR count). The normalized spacial score (nSPS) is 12.5. The molecule has 0 aliphatic heterocycles. The van der Waals surface area contributed by atoms with Crippen LogP contribution in [0.15, 0.2) is 58.2 Å². The van der Waals surface area contributed by atoms with Gasteiger partial charge in [-0.3, -0.25) is 9.78 Å². The number of nitrogens with zero attached hydrogens (tertiary/aromatic N) is 3. The van der Waals surface area contributed by atoms with Crippen LogP contribution in [0, 0.1) is 0 Å². The van der Waals surface area contributed by atoms with E-state index in [1.54, 1.807) is 18.5 Å². The molecule has 0 unspecified atom stereocenters. The van der Waals surface area contributed by atoms with E-state index in [0.29, 0.717) is 29.6 Å². The van der Waals surface area contributed by atoms with Crippen LogP contribution in [0.25, 0.3) is 11.4 Å². The zero-order chi connectivity index (χ0) is 21.6. The van der Waals surface area contributed by atoms with Crippen LogP contribution in [-0.4, -0.2) is 42.2 Å². The Morgan fingerprint density at radius 1 is 1.27 bits per heavy atom. The van der Waals surface area contributed by atoms with Crippen LogP contribution in [-0.2, 0) is 26.0 Å². The van der Waals surface area contributed by atoms with Crippen molar-refractivity contribution in [2.45, 2.75) is 30.7 Å². The molecular formula is C19H19ClN4O5S. The standard InChI is InChI=1S/C19H19ClN4O5S/c1-13(24-30(26,27)16-8-6-15(20)7-9-16)19(25)28-11-3-5-17-22-18(23-29-17)14-4-2-10-21-12-14/h2,4,6-10,12-13,24H,3,5,11H2,1H3/t13-/m0/s1. The van der Waals surface area contributed by atoms with Crippen LogP contribution in [0.2, 0.25) is 5.02 Å². The topological polar surface area (TPSA) is 124 Å². The van der Waals surface area contributed by atoms with Crippen molar-refractivity contribution >= 4 is 27.6 Å². The van der Waals surface area contributed by atoms with Crippen molar-refractivity contribution in [1.82, 2.24) is 19.8 Å². The highest BCUT2D eigenvalue weighted by molar-refractivity contribution is 7.89. The molecular weight excluding hydrogens is 432 g/mol. The van der Waals surface area contributed by atoms with E-state index in [4.69, 9.17) is 20.9 Å². The Labute approximate surface area is 178 Å². The summed E-state index contributed by atoms with van der Waals surface area (Å²) < 4.78 is 37.2. The molecule has 0 amide bonds. The Morgan fingerprint density at radius 2 is 2.03 bits per heavy atom. The number of benzene rings is 1. The van der Waals surface area contributed by atoms with E-state index in [1.165, 1.54) is 31.2 Å². The summed E-state index contributed by atoms with van der Waals surface area (Å²) >= 11 is 5.76. The predicted molar refractivity (Wildman–Crippen MR) is 108 cm³/mol. The summed E-state index contributed by atoms with van der Waals surface area (Å²) in [5, 5.41) is 4.30. The number of sulfonamides is 1. The molecule has 0 aliphatic carbocycles. The monoisotopic (exact) mass is 450 g/mol. The number of ether oxygens (including phenoxy) is 1. The number of hydrogen-bond acceptors (Lipinski definition) is 8. The second-order valence-corrected chi connectivity index (χ2v) is 8.47. The number of halogens is 1. The first-order valence-electron chi connectivity index (χ1n) is 9.03. The zero-order valence-corrected chi connectivity index (χ0v) is 17.6. The molecule has 30 heavy (non-hydrogen) atoms. The van der Waals surface area contributed by atoms with Gasteiger partial charge >= 0.3 is 5.97 Å². The highest BCUT2D eigenvalue weighted by atomic mass is 35.5. The second-order valence-electron chi connectivity index (χ2n) is 6.32. The molecule has 0 spiro atoms. The smallest absolute Gasteiger partial charge is 0.323 e. The van der Waals surface area contributed by atoms with E-state index in [1.807, 2.05) is 6.07 Å². The average Bonchev–Trinajstić information content (AvgIpc) is 3.20. The number of aryl methyl sites for hydroxylation is 1. The Hall–Kier alpha value is -2.82. The number of carbonyl (C=O) groups excluding carboxylic acids is 1. The molecule has 1 atom stereocenters. The minimum absolute atomic E-state index is 0.00682. The largest absolute Gasteiger partial charge is 0.464 e. The fourth-order valence-electron chi connectivity index (χ4n) is 2.45. The summed E-state index contributed by atoms with van der Waals surface area (Å²) in [5.41, 5.74) is 0.737. The lowest BCUT2D eigenvalue weighted by Gasteiger charge is -2.13. The van der Waals surface area contributed by atoms with E-state index >= 15 is 0 Å². The van der Waals surface area contributed by atoms with Gasteiger partial charge in [0.25, 0.3) is 0 Å². The second kappa shape index (κ2) is 9.79. The van der Waals surface area contributed by atoms with Gasteiger partial charge in [0.05, 0.1) is 11.5 Å². The first kappa shape index (κ1) is 21.9. The molecule has 3 aromatic rings. The molecule has 158 valence electrons. The Balaban J connectivity index is 1.44. The van der Waals surface area contributed by atoms with Crippen LogP contribution in [0.1, 0.15) is 19.2 Å². The summed E-state index contributed by atoms with van der Waals surface area (Å²) in [6, 6.07) is 8.15. The maximum absolute atomic E-state index is 12.3. The van der Waals surface area contributed by atoms with E-state index in [9.17, 15) is 13.2 Å². The highest BCUT2D eigenvalue weighted by Gasteiger charge is 2.23. The number of esters is 1. The number of carbonyl (C=O) groups is 1. The maximum atomic E-state index is 12.3.